The monoisotopic (exact) mass is 284 g/mol. The summed E-state index contributed by atoms with van der Waals surface area (Å²) in [6, 6.07) is 14.7. The predicted molar refractivity (Wildman–Crippen MR) is 84.1 cm³/mol. The zero-order valence-electron chi connectivity index (χ0n) is 12.0. The number of hydrogen-bond donors (Lipinski definition) is 3. The maximum Gasteiger partial charge on any atom is 0.251 e. The molecule has 4 heteroatoms. The number of benzene rings is 2. The smallest absolute Gasteiger partial charge is 0.251 e. The van der Waals surface area contributed by atoms with Crippen molar-refractivity contribution in [1.29, 1.82) is 0 Å². The van der Waals surface area contributed by atoms with Crippen LogP contribution in [0.4, 0.5) is 5.69 Å². The molecule has 4 nitrogen and oxygen atoms in total. The van der Waals surface area contributed by atoms with Crippen molar-refractivity contribution in [2.24, 2.45) is 0 Å². The minimum Gasteiger partial charge on any atom is -0.399 e. The van der Waals surface area contributed by atoms with Crippen LogP contribution in [-0.2, 0) is 6.42 Å². The summed E-state index contributed by atoms with van der Waals surface area (Å²) < 4.78 is 0. The summed E-state index contributed by atoms with van der Waals surface area (Å²) in [7, 11) is 0. The molecule has 1 amide bonds. The van der Waals surface area contributed by atoms with Crippen molar-refractivity contribution < 1.29 is 9.90 Å². The fourth-order valence-corrected chi connectivity index (χ4v) is 2.21. The molecule has 1 atom stereocenters. The Balaban J connectivity index is 2.07. The number of aliphatic hydroxyl groups is 1. The van der Waals surface area contributed by atoms with Crippen molar-refractivity contribution >= 4 is 11.6 Å². The van der Waals surface area contributed by atoms with E-state index in [9.17, 15) is 9.90 Å². The number of hydrogen-bond acceptors (Lipinski definition) is 3. The second-order valence-electron chi connectivity index (χ2n) is 5.12. The number of anilines is 1. The third-order valence-corrected chi connectivity index (χ3v) is 3.39. The zero-order valence-corrected chi connectivity index (χ0v) is 12.0. The van der Waals surface area contributed by atoms with Crippen molar-refractivity contribution in [2.45, 2.75) is 19.4 Å². The van der Waals surface area contributed by atoms with Gasteiger partial charge >= 0.3 is 0 Å². The first kappa shape index (κ1) is 15.1. The van der Waals surface area contributed by atoms with Crippen molar-refractivity contribution in [3.63, 3.8) is 0 Å². The van der Waals surface area contributed by atoms with Crippen LogP contribution in [0.25, 0.3) is 0 Å². The summed E-state index contributed by atoms with van der Waals surface area (Å²) in [6.45, 7) is 1.75. The third kappa shape index (κ3) is 4.07. The summed E-state index contributed by atoms with van der Waals surface area (Å²) in [4.78, 5) is 12.3. The highest BCUT2D eigenvalue weighted by atomic mass is 16.3. The lowest BCUT2D eigenvalue weighted by Gasteiger charge is -2.17. The van der Waals surface area contributed by atoms with Crippen LogP contribution in [0.3, 0.4) is 0 Å². The van der Waals surface area contributed by atoms with Crippen LogP contribution in [0.1, 0.15) is 21.5 Å². The summed E-state index contributed by atoms with van der Waals surface area (Å²) >= 11 is 0. The molecule has 0 spiro atoms. The highest BCUT2D eigenvalue weighted by molar-refractivity contribution is 5.96. The highest BCUT2D eigenvalue weighted by Crippen LogP contribution is 2.13. The van der Waals surface area contributed by atoms with Crippen LogP contribution >= 0.6 is 0 Å². The third-order valence-electron chi connectivity index (χ3n) is 3.39. The van der Waals surface area contributed by atoms with Crippen LogP contribution in [0.5, 0.6) is 0 Å². The van der Waals surface area contributed by atoms with Gasteiger partial charge in [-0.2, -0.15) is 0 Å². The number of rotatable bonds is 5. The largest absolute Gasteiger partial charge is 0.399 e. The number of carbonyl (C=O) groups is 1. The molecule has 4 N–H and O–H groups in total. The van der Waals surface area contributed by atoms with E-state index in [0.29, 0.717) is 17.7 Å². The van der Waals surface area contributed by atoms with E-state index in [1.54, 1.807) is 12.1 Å². The Kier molecular flexibility index (Phi) is 4.95. The molecule has 2 rings (SSSR count). The first-order valence-electron chi connectivity index (χ1n) is 6.92. The van der Waals surface area contributed by atoms with E-state index in [4.69, 9.17) is 5.73 Å². The molecule has 1 unspecified atom stereocenters. The van der Waals surface area contributed by atoms with Gasteiger partial charge in [-0.15, -0.1) is 0 Å². The van der Waals surface area contributed by atoms with Crippen molar-refractivity contribution in [3.8, 4) is 0 Å². The van der Waals surface area contributed by atoms with Crippen molar-refractivity contribution in [1.82, 2.24) is 5.32 Å². The fourth-order valence-electron chi connectivity index (χ4n) is 2.21. The van der Waals surface area contributed by atoms with Crippen LogP contribution in [-0.4, -0.2) is 23.7 Å². The molecule has 21 heavy (non-hydrogen) atoms. The quantitative estimate of drug-likeness (QED) is 0.734. The van der Waals surface area contributed by atoms with E-state index in [0.717, 1.165) is 11.1 Å². The number of nitrogens with one attached hydrogen (secondary N) is 1. The van der Waals surface area contributed by atoms with Crippen LogP contribution in [0.2, 0.25) is 0 Å². The van der Waals surface area contributed by atoms with E-state index >= 15 is 0 Å². The Bertz CT molecular complexity index is 611. The molecule has 2 aromatic carbocycles. The zero-order chi connectivity index (χ0) is 15.2. The Morgan fingerprint density at radius 3 is 2.62 bits per heavy atom. The molecule has 110 valence electrons. The van der Waals surface area contributed by atoms with Gasteiger partial charge in [0, 0.05) is 11.3 Å². The Morgan fingerprint density at radius 2 is 1.95 bits per heavy atom. The maximum atomic E-state index is 12.3. The van der Waals surface area contributed by atoms with E-state index in [1.165, 1.54) is 0 Å². The molecule has 0 aliphatic carbocycles. The van der Waals surface area contributed by atoms with E-state index < -0.39 is 0 Å². The van der Waals surface area contributed by atoms with Gasteiger partial charge < -0.3 is 16.2 Å². The van der Waals surface area contributed by atoms with Crippen molar-refractivity contribution in [3.05, 3.63) is 65.2 Å². The van der Waals surface area contributed by atoms with Gasteiger partial charge in [0.1, 0.15) is 0 Å². The van der Waals surface area contributed by atoms with Gasteiger partial charge in [0.25, 0.3) is 5.91 Å². The molecule has 0 aliphatic rings. The number of amides is 1. The van der Waals surface area contributed by atoms with E-state index in [1.807, 2.05) is 43.3 Å². The van der Waals surface area contributed by atoms with Gasteiger partial charge in [-0.05, 0) is 36.6 Å². The number of aliphatic hydroxyl groups excluding tert-OH is 1. The fraction of sp³-hybridized carbons (Fsp3) is 0.235. The number of nitrogens with two attached hydrogens (primary N) is 1. The molecule has 0 fully saturated rings. The van der Waals surface area contributed by atoms with Crippen LogP contribution in [0.15, 0.2) is 48.5 Å². The van der Waals surface area contributed by atoms with Crippen LogP contribution in [0, 0.1) is 6.92 Å². The molecule has 0 radical (unpaired) electrons. The maximum absolute atomic E-state index is 12.3. The summed E-state index contributed by atoms with van der Waals surface area (Å²) in [6.07, 6.45) is 0.588. The summed E-state index contributed by atoms with van der Waals surface area (Å²) in [5, 5.41) is 12.3. The lowest BCUT2D eigenvalue weighted by molar-refractivity contribution is 0.0916. The SMILES string of the molecule is Cc1ccc(N)cc1C(=O)NC(CO)Cc1ccccc1. The molecule has 0 aliphatic heterocycles. The molecule has 2 aromatic rings. The van der Waals surface area contributed by atoms with Crippen molar-refractivity contribution in [2.75, 3.05) is 12.3 Å². The second kappa shape index (κ2) is 6.90. The molecule has 0 saturated heterocycles. The normalized spacial score (nSPS) is 11.9. The second-order valence-corrected chi connectivity index (χ2v) is 5.12. The van der Waals surface area contributed by atoms with Gasteiger partial charge in [0.05, 0.1) is 12.6 Å². The minimum atomic E-state index is -0.319. The molecule has 0 aromatic heterocycles. The lowest BCUT2D eigenvalue weighted by Crippen LogP contribution is -2.39. The molecular weight excluding hydrogens is 264 g/mol. The molecular formula is C17H20N2O2. The van der Waals surface area contributed by atoms with Gasteiger partial charge in [-0.25, -0.2) is 0 Å². The van der Waals surface area contributed by atoms with Gasteiger partial charge in [0.2, 0.25) is 0 Å². The average Bonchev–Trinajstić information content (AvgIpc) is 2.50. The standard InChI is InChI=1S/C17H20N2O2/c1-12-7-8-14(18)10-16(12)17(21)19-15(11-20)9-13-5-3-2-4-6-13/h2-8,10,15,20H,9,11,18H2,1H3,(H,19,21). The van der Waals surface area contributed by atoms with Gasteiger partial charge in [-0.3, -0.25) is 4.79 Å². The predicted octanol–water partition coefficient (Wildman–Crippen LogP) is 1.91. The Hall–Kier alpha value is -2.33. The summed E-state index contributed by atoms with van der Waals surface area (Å²) in [5.74, 6) is -0.213. The number of carbonyl (C=O) groups excluding carboxylic acids is 1. The summed E-state index contributed by atoms with van der Waals surface area (Å²) in [5.41, 5.74) is 8.75. The van der Waals surface area contributed by atoms with E-state index in [-0.39, 0.29) is 18.6 Å². The van der Waals surface area contributed by atoms with Crippen LogP contribution < -0.4 is 11.1 Å². The molecule has 0 heterocycles. The first-order chi connectivity index (χ1) is 10.1. The van der Waals surface area contributed by atoms with Gasteiger partial charge in [-0.1, -0.05) is 36.4 Å². The highest BCUT2D eigenvalue weighted by Gasteiger charge is 2.15. The number of nitrogen functional groups attached to an aromatic ring is 1. The molecule has 0 saturated carbocycles. The first-order valence-corrected chi connectivity index (χ1v) is 6.92. The average molecular weight is 284 g/mol. The minimum absolute atomic E-state index is 0.109. The van der Waals surface area contributed by atoms with Gasteiger partial charge in [0.15, 0.2) is 0 Å². The van der Waals surface area contributed by atoms with E-state index in [2.05, 4.69) is 5.32 Å². The number of aryl methyl sites for hydroxylation is 1. The molecule has 0 bridgehead atoms. The Morgan fingerprint density at radius 1 is 1.24 bits per heavy atom. The lowest BCUT2D eigenvalue weighted by atomic mass is 10.0. The Labute approximate surface area is 124 Å². The topological polar surface area (TPSA) is 75.4 Å².